The van der Waals surface area contributed by atoms with Crippen LogP contribution in [0.5, 0.6) is 0 Å². The number of carbonyl (C=O) groups excluding carboxylic acids is 1. The van der Waals surface area contributed by atoms with Gasteiger partial charge in [0.15, 0.2) is 6.04 Å². The molecular formula is C13H13N3O4. The van der Waals surface area contributed by atoms with Crippen molar-refractivity contribution < 1.29 is 19.8 Å². The zero-order valence-electron chi connectivity index (χ0n) is 10.4. The number of nitrogens with zero attached hydrogens (tertiary/aromatic N) is 2. The summed E-state index contributed by atoms with van der Waals surface area (Å²) in [5.74, 6) is -1.92. The maximum atomic E-state index is 12.0. The monoisotopic (exact) mass is 275 g/mol. The number of hydrogen-bond acceptors (Lipinski definition) is 4. The van der Waals surface area contributed by atoms with Crippen LogP contribution in [0.3, 0.4) is 0 Å². The standard InChI is InChI=1S/C13H13N3O4/c17-7-10(13(19)20)15-12(18)11-6-14-8-16(11)9-4-2-1-3-5-9/h1-6,8,10,17H,7H2,(H,15,18)(H,19,20). The molecule has 0 spiro atoms. The van der Waals surface area contributed by atoms with Crippen LogP contribution >= 0.6 is 0 Å². The highest BCUT2D eigenvalue weighted by atomic mass is 16.4. The second kappa shape index (κ2) is 5.98. The van der Waals surface area contributed by atoms with E-state index in [2.05, 4.69) is 10.3 Å². The highest BCUT2D eigenvalue weighted by Crippen LogP contribution is 2.10. The molecule has 1 atom stereocenters. The average Bonchev–Trinajstić information content (AvgIpc) is 2.94. The zero-order chi connectivity index (χ0) is 14.5. The topological polar surface area (TPSA) is 104 Å². The minimum atomic E-state index is -1.35. The van der Waals surface area contributed by atoms with Crippen LogP contribution in [0, 0.1) is 0 Å². The molecule has 1 aromatic heterocycles. The van der Waals surface area contributed by atoms with E-state index in [4.69, 9.17) is 10.2 Å². The molecule has 0 radical (unpaired) electrons. The lowest BCUT2D eigenvalue weighted by molar-refractivity contribution is -0.140. The van der Waals surface area contributed by atoms with Gasteiger partial charge in [-0.25, -0.2) is 9.78 Å². The Balaban J connectivity index is 2.24. The second-order valence-corrected chi connectivity index (χ2v) is 4.03. The molecule has 1 aromatic carbocycles. The third-order valence-electron chi connectivity index (χ3n) is 2.69. The number of rotatable bonds is 5. The lowest BCUT2D eigenvalue weighted by atomic mass is 10.2. The first-order chi connectivity index (χ1) is 9.63. The molecule has 0 aliphatic heterocycles. The number of carboxylic acid groups (broad SMARTS) is 1. The number of benzene rings is 1. The van der Waals surface area contributed by atoms with Gasteiger partial charge in [0.1, 0.15) is 5.69 Å². The number of imidazole rings is 1. The van der Waals surface area contributed by atoms with Gasteiger partial charge in [-0.3, -0.25) is 9.36 Å². The maximum absolute atomic E-state index is 12.0. The van der Waals surface area contributed by atoms with Gasteiger partial charge in [0.2, 0.25) is 0 Å². The van der Waals surface area contributed by atoms with Crippen LogP contribution in [-0.4, -0.2) is 44.3 Å². The van der Waals surface area contributed by atoms with Crippen molar-refractivity contribution in [1.82, 2.24) is 14.9 Å². The van der Waals surface area contributed by atoms with Crippen LogP contribution in [0.15, 0.2) is 42.9 Å². The van der Waals surface area contributed by atoms with E-state index in [9.17, 15) is 9.59 Å². The molecule has 20 heavy (non-hydrogen) atoms. The van der Waals surface area contributed by atoms with Crippen molar-refractivity contribution >= 4 is 11.9 Å². The summed E-state index contributed by atoms with van der Waals surface area (Å²) in [4.78, 5) is 26.7. The molecule has 2 rings (SSSR count). The van der Waals surface area contributed by atoms with Crippen LogP contribution < -0.4 is 5.32 Å². The Morgan fingerprint density at radius 3 is 2.60 bits per heavy atom. The number of aliphatic hydroxyl groups is 1. The summed E-state index contributed by atoms with van der Waals surface area (Å²) >= 11 is 0. The largest absolute Gasteiger partial charge is 0.480 e. The van der Waals surface area contributed by atoms with Crippen molar-refractivity contribution in [3.05, 3.63) is 48.5 Å². The molecule has 1 amide bonds. The average molecular weight is 275 g/mol. The van der Waals surface area contributed by atoms with Crippen molar-refractivity contribution in [2.45, 2.75) is 6.04 Å². The number of nitrogens with one attached hydrogen (secondary N) is 1. The van der Waals surface area contributed by atoms with Gasteiger partial charge in [0.25, 0.3) is 5.91 Å². The second-order valence-electron chi connectivity index (χ2n) is 4.03. The Labute approximate surface area is 114 Å². The number of amides is 1. The number of carboxylic acids is 1. The van der Waals surface area contributed by atoms with Gasteiger partial charge >= 0.3 is 5.97 Å². The van der Waals surface area contributed by atoms with Gasteiger partial charge in [-0.15, -0.1) is 0 Å². The quantitative estimate of drug-likeness (QED) is 0.715. The van der Waals surface area contributed by atoms with Crippen molar-refractivity contribution in [2.75, 3.05) is 6.61 Å². The first-order valence-corrected chi connectivity index (χ1v) is 5.85. The molecule has 0 saturated carbocycles. The molecule has 0 saturated heterocycles. The fraction of sp³-hybridized carbons (Fsp3) is 0.154. The molecule has 0 aliphatic carbocycles. The zero-order valence-corrected chi connectivity index (χ0v) is 10.4. The summed E-state index contributed by atoms with van der Waals surface area (Å²) in [6.07, 6.45) is 2.79. The molecular weight excluding hydrogens is 262 g/mol. The molecule has 0 bridgehead atoms. The molecule has 1 heterocycles. The number of carbonyl (C=O) groups is 2. The van der Waals surface area contributed by atoms with E-state index in [0.29, 0.717) is 0 Å². The van der Waals surface area contributed by atoms with Gasteiger partial charge in [0.05, 0.1) is 19.1 Å². The Kier molecular flexibility index (Phi) is 4.11. The normalized spacial score (nSPS) is 11.8. The first kappa shape index (κ1) is 13.8. The van der Waals surface area contributed by atoms with Gasteiger partial charge < -0.3 is 15.5 Å². The molecule has 104 valence electrons. The number of aliphatic hydroxyl groups excluding tert-OH is 1. The van der Waals surface area contributed by atoms with Gasteiger partial charge in [-0.05, 0) is 12.1 Å². The van der Waals surface area contributed by atoms with E-state index < -0.39 is 24.5 Å². The van der Waals surface area contributed by atoms with Crippen LogP contribution in [-0.2, 0) is 4.79 Å². The Morgan fingerprint density at radius 2 is 2.00 bits per heavy atom. The number of aliphatic carboxylic acids is 1. The fourth-order valence-electron chi connectivity index (χ4n) is 1.68. The van der Waals surface area contributed by atoms with Gasteiger partial charge in [-0.2, -0.15) is 0 Å². The predicted molar refractivity (Wildman–Crippen MR) is 69.5 cm³/mol. The minimum absolute atomic E-state index is 0.191. The van der Waals surface area contributed by atoms with E-state index in [1.54, 1.807) is 12.1 Å². The van der Waals surface area contributed by atoms with Crippen molar-refractivity contribution in [3.63, 3.8) is 0 Å². The Morgan fingerprint density at radius 1 is 1.30 bits per heavy atom. The van der Waals surface area contributed by atoms with Crippen LogP contribution in [0.1, 0.15) is 10.5 Å². The molecule has 1 unspecified atom stereocenters. The highest BCUT2D eigenvalue weighted by Gasteiger charge is 2.21. The number of para-hydroxylation sites is 1. The van der Waals surface area contributed by atoms with Crippen molar-refractivity contribution in [1.29, 1.82) is 0 Å². The summed E-state index contributed by atoms with van der Waals surface area (Å²) in [7, 11) is 0. The maximum Gasteiger partial charge on any atom is 0.328 e. The van der Waals surface area contributed by atoms with Crippen LogP contribution in [0.2, 0.25) is 0 Å². The van der Waals surface area contributed by atoms with E-state index in [1.165, 1.54) is 17.1 Å². The summed E-state index contributed by atoms with van der Waals surface area (Å²) in [5.41, 5.74) is 0.918. The fourth-order valence-corrected chi connectivity index (χ4v) is 1.68. The third kappa shape index (κ3) is 2.83. The van der Waals surface area contributed by atoms with Gasteiger partial charge in [-0.1, -0.05) is 18.2 Å². The summed E-state index contributed by atoms with van der Waals surface area (Å²) in [6.45, 7) is -0.680. The summed E-state index contributed by atoms with van der Waals surface area (Å²) in [5, 5.41) is 19.9. The van der Waals surface area contributed by atoms with E-state index in [0.717, 1.165) is 5.69 Å². The lowest BCUT2D eigenvalue weighted by Crippen LogP contribution is -2.43. The minimum Gasteiger partial charge on any atom is -0.480 e. The SMILES string of the molecule is O=C(NC(CO)C(=O)O)c1cncn1-c1ccccc1. The molecule has 0 aliphatic rings. The summed E-state index contributed by atoms with van der Waals surface area (Å²) < 4.78 is 1.53. The number of aromatic nitrogens is 2. The Bertz CT molecular complexity index is 609. The van der Waals surface area contributed by atoms with Gasteiger partial charge in [0, 0.05) is 5.69 Å². The smallest absolute Gasteiger partial charge is 0.328 e. The van der Waals surface area contributed by atoms with E-state index in [1.807, 2.05) is 18.2 Å². The molecule has 2 aromatic rings. The molecule has 7 heteroatoms. The third-order valence-corrected chi connectivity index (χ3v) is 2.69. The van der Waals surface area contributed by atoms with E-state index >= 15 is 0 Å². The summed E-state index contributed by atoms with van der Waals surface area (Å²) in [6, 6.07) is 7.70. The van der Waals surface area contributed by atoms with Crippen LogP contribution in [0.4, 0.5) is 0 Å². The van der Waals surface area contributed by atoms with Crippen molar-refractivity contribution in [3.8, 4) is 5.69 Å². The predicted octanol–water partition coefficient (Wildman–Crippen LogP) is 0.0476. The Hall–Kier alpha value is -2.67. The first-order valence-electron chi connectivity index (χ1n) is 5.85. The number of hydrogen-bond donors (Lipinski definition) is 3. The molecule has 7 nitrogen and oxygen atoms in total. The van der Waals surface area contributed by atoms with E-state index in [-0.39, 0.29) is 5.69 Å². The molecule has 0 fully saturated rings. The highest BCUT2D eigenvalue weighted by molar-refractivity contribution is 5.95. The molecule has 3 N–H and O–H groups in total. The van der Waals surface area contributed by atoms with Crippen molar-refractivity contribution in [2.24, 2.45) is 0 Å². The lowest BCUT2D eigenvalue weighted by Gasteiger charge is -2.12. The van der Waals surface area contributed by atoms with Crippen LogP contribution in [0.25, 0.3) is 5.69 Å².